The van der Waals surface area contributed by atoms with Gasteiger partial charge >= 0.3 is 5.97 Å². The molecule has 0 atom stereocenters. The summed E-state index contributed by atoms with van der Waals surface area (Å²) < 4.78 is 12.2. The third kappa shape index (κ3) is 5.45. The number of aromatic nitrogens is 3. The Hall–Kier alpha value is -3.13. The lowest BCUT2D eigenvalue weighted by molar-refractivity contribution is -0.139. The number of esters is 1. The van der Waals surface area contributed by atoms with Crippen LogP contribution in [0.3, 0.4) is 0 Å². The first-order valence-electron chi connectivity index (χ1n) is 8.97. The highest BCUT2D eigenvalue weighted by molar-refractivity contribution is 7.99. The largest absolute Gasteiger partial charge is 0.496 e. The molecule has 0 aliphatic carbocycles. The smallest absolute Gasteiger partial charge is 0.316 e. The van der Waals surface area contributed by atoms with Crippen LogP contribution in [0.1, 0.15) is 21.7 Å². The number of hydrogen-bond acceptors (Lipinski definition) is 7. The number of ether oxygens (including phenoxy) is 2. The summed E-state index contributed by atoms with van der Waals surface area (Å²) in [5, 5.41) is 8.85. The van der Waals surface area contributed by atoms with E-state index in [0.29, 0.717) is 23.0 Å². The average Bonchev–Trinajstić information content (AvgIpc) is 3.10. The fourth-order valence-corrected chi connectivity index (χ4v) is 3.46. The SMILES string of the molecule is COc1ccccc1C(=O)COC(=O)CSc1nnc(C)n1Cc1ccccc1. The molecule has 1 heterocycles. The Balaban J connectivity index is 1.54. The Morgan fingerprint density at radius 3 is 2.52 bits per heavy atom. The normalized spacial score (nSPS) is 10.6. The van der Waals surface area contributed by atoms with Crippen LogP contribution < -0.4 is 4.74 Å². The van der Waals surface area contributed by atoms with E-state index in [4.69, 9.17) is 9.47 Å². The van der Waals surface area contributed by atoms with Gasteiger partial charge in [0.15, 0.2) is 11.8 Å². The molecular formula is C21H21N3O4S. The fourth-order valence-electron chi connectivity index (χ4n) is 2.68. The number of aryl methyl sites for hydroxylation is 1. The number of carbonyl (C=O) groups is 2. The number of benzene rings is 2. The number of Topliss-reactive ketones (excluding diaryl/α,β-unsaturated/α-hetero) is 1. The van der Waals surface area contributed by atoms with E-state index < -0.39 is 5.97 Å². The number of para-hydroxylation sites is 1. The van der Waals surface area contributed by atoms with Gasteiger partial charge in [0.25, 0.3) is 0 Å². The van der Waals surface area contributed by atoms with E-state index in [9.17, 15) is 9.59 Å². The van der Waals surface area contributed by atoms with Gasteiger partial charge in [-0.2, -0.15) is 0 Å². The average molecular weight is 411 g/mol. The van der Waals surface area contributed by atoms with Crippen molar-refractivity contribution < 1.29 is 19.1 Å². The quantitative estimate of drug-likeness (QED) is 0.304. The molecule has 0 aliphatic heterocycles. The molecule has 0 N–H and O–H groups in total. The highest BCUT2D eigenvalue weighted by atomic mass is 32.2. The molecule has 0 saturated heterocycles. The maximum atomic E-state index is 12.3. The van der Waals surface area contributed by atoms with Crippen LogP contribution in [0.25, 0.3) is 0 Å². The van der Waals surface area contributed by atoms with Crippen molar-refractivity contribution in [3.05, 3.63) is 71.5 Å². The number of rotatable bonds is 9. The van der Waals surface area contributed by atoms with Gasteiger partial charge in [0.2, 0.25) is 5.78 Å². The van der Waals surface area contributed by atoms with Gasteiger partial charge in [-0.3, -0.25) is 9.59 Å². The highest BCUT2D eigenvalue weighted by Crippen LogP contribution is 2.20. The molecule has 29 heavy (non-hydrogen) atoms. The van der Waals surface area contributed by atoms with Crippen molar-refractivity contribution in [2.24, 2.45) is 0 Å². The van der Waals surface area contributed by atoms with Crippen LogP contribution in [-0.4, -0.2) is 46.0 Å². The second-order valence-corrected chi connectivity index (χ2v) is 7.12. The van der Waals surface area contributed by atoms with Gasteiger partial charge in [0, 0.05) is 0 Å². The van der Waals surface area contributed by atoms with Crippen molar-refractivity contribution >= 4 is 23.5 Å². The van der Waals surface area contributed by atoms with Crippen LogP contribution in [0.15, 0.2) is 59.8 Å². The van der Waals surface area contributed by atoms with Gasteiger partial charge in [-0.1, -0.05) is 54.2 Å². The van der Waals surface area contributed by atoms with Gasteiger partial charge in [0.1, 0.15) is 11.6 Å². The molecule has 0 saturated carbocycles. The van der Waals surface area contributed by atoms with Crippen molar-refractivity contribution in [3.63, 3.8) is 0 Å². The number of methoxy groups -OCH3 is 1. The second kappa shape index (κ2) is 9.88. The zero-order valence-corrected chi connectivity index (χ0v) is 17.0. The number of ketones is 1. The molecule has 0 radical (unpaired) electrons. The van der Waals surface area contributed by atoms with Crippen LogP contribution in [0.4, 0.5) is 0 Å². The lowest BCUT2D eigenvalue weighted by atomic mass is 10.1. The minimum atomic E-state index is -0.495. The fraction of sp³-hybridized carbons (Fsp3) is 0.238. The Bertz CT molecular complexity index is 989. The number of carbonyl (C=O) groups excluding carboxylic acids is 2. The lowest BCUT2D eigenvalue weighted by Gasteiger charge is -2.09. The number of thioether (sulfide) groups is 1. The van der Waals surface area contributed by atoms with Gasteiger partial charge in [0.05, 0.1) is 25.0 Å². The summed E-state index contributed by atoms with van der Waals surface area (Å²) in [4.78, 5) is 24.4. The van der Waals surface area contributed by atoms with Gasteiger partial charge in [-0.25, -0.2) is 0 Å². The summed E-state index contributed by atoms with van der Waals surface area (Å²) in [5.41, 5.74) is 1.50. The second-order valence-electron chi connectivity index (χ2n) is 6.17. The Morgan fingerprint density at radius 1 is 1.03 bits per heavy atom. The van der Waals surface area contributed by atoms with Crippen molar-refractivity contribution in [3.8, 4) is 5.75 Å². The molecule has 7 nitrogen and oxygen atoms in total. The highest BCUT2D eigenvalue weighted by Gasteiger charge is 2.16. The summed E-state index contributed by atoms with van der Waals surface area (Å²) >= 11 is 1.23. The van der Waals surface area contributed by atoms with Crippen molar-refractivity contribution in [1.29, 1.82) is 0 Å². The van der Waals surface area contributed by atoms with E-state index in [0.717, 1.165) is 11.4 Å². The maximum absolute atomic E-state index is 12.3. The third-order valence-electron chi connectivity index (χ3n) is 4.18. The molecule has 3 rings (SSSR count). The van der Waals surface area contributed by atoms with Crippen LogP contribution in [0.5, 0.6) is 5.75 Å². The number of nitrogens with zero attached hydrogens (tertiary/aromatic N) is 3. The maximum Gasteiger partial charge on any atom is 0.316 e. The molecule has 0 amide bonds. The van der Waals surface area contributed by atoms with E-state index >= 15 is 0 Å². The van der Waals surface area contributed by atoms with Crippen LogP contribution >= 0.6 is 11.8 Å². The zero-order chi connectivity index (χ0) is 20.6. The van der Waals surface area contributed by atoms with Crippen LogP contribution in [0, 0.1) is 6.92 Å². The molecule has 3 aromatic rings. The van der Waals surface area contributed by atoms with Crippen molar-refractivity contribution in [1.82, 2.24) is 14.8 Å². The molecule has 0 bridgehead atoms. The topological polar surface area (TPSA) is 83.3 Å². The van der Waals surface area contributed by atoms with E-state index in [1.165, 1.54) is 18.9 Å². The molecule has 0 spiro atoms. The molecule has 0 fully saturated rings. The van der Waals surface area contributed by atoms with Crippen LogP contribution in [0.2, 0.25) is 0 Å². The van der Waals surface area contributed by atoms with Crippen molar-refractivity contribution in [2.75, 3.05) is 19.5 Å². The molecule has 0 unspecified atom stereocenters. The predicted molar refractivity (Wildman–Crippen MR) is 109 cm³/mol. The summed E-state index contributed by atoms with van der Waals surface area (Å²) in [6.07, 6.45) is 0. The monoisotopic (exact) mass is 411 g/mol. The van der Waals surface area contributed by atoms with E-state index in [1.54, 1.807) is 24.3 Å². The lowest BCUT2D eigenvalue weighted by Crippen LogP contribution is -2.16. The molecule has 8 heteroatoms. The van der Waals surface area contributed by atoms with Crippen LogP contribution in [-0.2, 0) is 16.1 Å². The van der Waals surface area contributed by atoms with Gasteiger partial charge in [-0.15, -0.1) is 10.2 Å². The molecule has 0 aliphatic rings. The summed E-state index contributed by atoms with van der Waals surface area (Å²) in [6, 6.07) is 16.8. The third-order valence-corrected chi connectivity index (χ3v) is 5.12. The molecule has 2 aromatic carbocycles. The first kappa shape index (κ1) is 20.6. The van der Waals surface area contributed by atoms with E-state index in [1.807, 2.05) is 41.8 Å². The summed E-state index contributed by atoms with van der Waals surface area (Å²) in [5.74, 6) is 0.434. The van der Waals surface area contributed by atoms with Gasteiger partial charge < -0.3 is 14.0 Å². The minimum absolute atomic E-state index is 0.0339. The summed E-state index contributed by atoms with van der Waals surface area (Å²) in [7, 11) is 1.49. The predicted octanol–water partition coefficient (Wildman–Crippen LogP) is 3.16. The molecule has 1 aromatic heterocycles. The Kier molecular flexibility index (Phi) is 7.02. The summed E-state index contributed by atoms with van der Waals surface area (Å²) in [6.45, 7) is 2.14. The molecule has 150 valence electrons. The van der Waals surface area contributed by atoms with E-state index in [2.05, 4.69) is 10.2 Å². The first-order chi connectivity index (χ1) is 14.1. The molecular weight excluding hydrogens is 390 g/mol. The van der Waals surface area contributed by atoms with E-state index in [-0.39, 0.29) is 18.1 Å². The Labute approximate surface area is 173 Å². The Morgan fingerprint density at radius 2 is 1.76 bits per heavy atom. The zero-order valence-electron chi connectivity index (χ0n) is 16.2. The first-order valence-corrected chi connectivity index (χ1v) is 9.95. The number of hydrogen-bond donors (Lipinski definition) is 0. The standard InChI is InChI=1S/C21H21N3O4S/c1-15-22-23-21(24(15)12-16-8-4-3-5-9-16)29-14-20(26)28-13-18(25)17-10-6-7-11-19(17)27-2/h3-11H,12-14H2,1-2H3. The minimum Gasteiger partial charge on any atom is -0.496 e. The van der Waals surface area contributed by atoms with Crippen molar-refractivity contribution in [2.45, 2.75) is 18.6 Å². The van der Waals surface area contributed by atoms with Gasteiger partial charge in [-0.05, 0) is 24.6 Å².